The van der Waals surface area contributed by atoms with E-state index in [2.05, 4.69) is 11.8 Å². The summed E-state index contributed by atoms with van der Waals surface area (Å²) in [5, 5.41) is 15.5. The van der Waals surface area contributed by atoms with Crippen LogP contribution in [0, 0.1) is 19.7 Å². The Morgan fingerprint density at radius 2 is 1.85 bits per heavy atom. The summed E-state index contributed by atoms with van der Waals surface area (Å²) in [6.07, 6.45) is 1.51. The summed E-state index contributed by atoms with van der Waals surface area (Å²) >= 11 is 0. The summed E-state index contributed by atoms with van der Waals surface area (Å²) in [5.74, 6) is -0.584. The molecule has 9 nitrogen and oxygen atoms in total. The van der Waals surface area contributed by atoms with E-state index in [1.165, 1.54) is 6.07 Å². The molecule has 1 fully saturated rings. The number of aromatic nitrogens is 3. The number of carbonyl (C=O) groups is 1. The van der Waals surface area contributed by atoms with Crippen LogP contribution < -0.4 is 9.64 Å². The molecule has 2 atom stereocenters. The Labute approximate surface area is 275 Å². The van der Waals surface area contributed by atoms with Crippen molar-refractivity contribution < 1.29 is 28.5 Å². The fourth-order valence-corrected chi connectivity index (χ4v) is 6.65. The van der Waals surface area contributed by atoms with Crippen LogP contribution in [0.4, 0.5) is 10.2 Å². The zero-order chi connectivity index (χ0) is 33.7. The van der Waals surface area contributed by atoms with Crippen LogP contribution in [0.5, 0.6) is 5.75 Å². The number of hydrogen-bond acceptors (Lipinski definition) is 7. The molecule has 4 aromatic rings. The second-order valence-corrected chi connectivity index (χ2v) is 14.2. The van der Waals surface area contributed by atoms with Crippen LogP contribution in [-0.4, -0.2) is 62.7 Å². The summed E-state index contributed by atoms with van der Waals surface area (Å²) < 4.78 is 36.2. The minimum absolute atomic E-state index is 0.213. The van der Waals surface area contributed by atoms with Crippen molar-refractivity contribution in [2.45, 2.75) is 97.6 Å². The average molecular weight is 645 g/mol. The van der Waals surface area contributed by atoms with E-state index in [-0.39, 0.29) is 17.5 Å². The molecule has 5 heterocycles. The number of hydrogen-bond donors (Lipinski definition) is 1. The van der Waals surface area contributed by atoms with Gasteiger partial charge in [0.2, 0.25) is 0 Å². The van der Waals surface area contributed by atoms with Gasteiger partial charge in [-0.15, -0.1) is 0 Å². The number of benzene rings is 2. The van der Waals surface area contributed by atoms with Crippen LogP contribution in [0.1, 0.15) is 83.2 Å². The topological polar surface area (TPSA) is 98.4 Å². The third-order valence-corrected chi connectivity index (χ3v) is 9.06. The molecule has 47 heavy (non-hydrogen) atoms. The second kappa shape index (κ2) is 12.5. The third-order valence-electron chi connectivity index (χ3n) is 9.06. The van der Waals surface area contributed by atoms with Gasteiger partial charge in [0.15, 0.2) is 23.3 Å². The zero-order valence-electron chi connectivity index (χ0n) is 28.4. The lowest BCUT2D eigenvalue weighted by molar-refractivity contribution is -0.160. The first-order valence-corrected chi connectivity index (χ1v) is 16.5. The number of ether oxygens (including phenoxy) is 3. The highest BCUT2D eigenvalue weighted by Gasteiger charge is 2.38. The molecule has 250 valence electrons. The number of nitrogens with zero attached hydrogens (tertiary/aromatic N) is 4. The molecule has 1 saturated heterocycles. The molecular formula is C37H45FN4O5. The van der Waals surface area contributed by atoms with Gasteiger partial charge in [-0.1, -0.05) is 18.2 Å². The largest absolute Gasteiger partial charge is 0.487 e. The predicted molar refractivity (Wildman–Crippen MR) is 180 cm³/mol. The van der Waals surface area contributed by atoms with E-state index in [1.807, 2.05) is 77.9 Å². The smallest absolute Gasteiger partial charge is 0.337 e. The number of fused-ring (bicyclic) bond motifs is 7. The number of halogens is 1. The molecule has 0 saturated carbocycles. The van der Waals surface area contributed by atoms with Crippen molar-refractivity contribution in [2.75, 3.05) is 24.6 Å². The van der Waals surface area contributed by atoms with Gasteiger partial charge in [-0.2, -0.15) is 9.61 Å². The van der Waals surface area contributed by atoms with E-state index in [0.29, 0.717) is 60.1 Å². The lowest BCUT2D eigenvalue weighted by Crippen LogP contribution is -2.46. The maximum Gasteiger partial charge on any atom is 0.337 e. The number of anilines is 1. The molecule has 1 N–H and O–H groups in total. The van der Waals surface area contributed by atoms with Gasteiger partial charge < -0.3 is 24.2 Å². The number of piperidine rings is 1. The molecule has 2 unspecified atom stereocenters. The average Bonchev–Trinajstić information content (AvgIpc) is 3.42. The first-order chi connectivity index (χ1) is 22.2. The van der Waals surface area contributed by atoms with Crippen molar-refractivity contribution in [1.82, 2.24) is 14.6 Å². The number of carboxylic acid groups (broad SMARTS) is 1. The lowest BCUT2D eigenvalue weighted by atomic mass is 9.92. The van der Waals surface area contributed by atoms with Gasteiger partial charge in [-0.05, 0) is 103 Å². The highest BCUT2D eigenvalue weighted by Crippen LogP contribution is 2.40. The van der Waals surface area contributed by atoms with Crippen LogP contribution in [0.2, 0.25) is 0 Å². The third kappa shape index (κ3) is 6.85. The number of aliphatic carboxylic acids is 1. The Balaban J connectivity index is 1.56. The minimum Gasteiger partial charge on any atom is -0.487 e. The van der Waals surface area contributed by atoms with Gasteiger partial charge in [0.1, 0.15) is 5.82 Å². The highest BCUT2D eigenvalue weighted by molar-refractivity contribution is 5.80. The van der Waals surface area contributed by atoms with E-state index in [1.54, 1.807) is 4.52 Å². The monoisotopic (exact) mass is 644 g/mol. The van der Waals surface area contributed by atoms with Crippen LogP contribution in [0.15, 0.2) is 42.5 Å². The van der Waals surface area contributed by atoms with E-state index < -0.39 is 23.5 Å². The molecule has 0 amide bonds. The first kappa shape index (κ1) is 32.9. The zero-order valence-corrected chi connectivity index (χ0v) is 28.4. The fourth-order valence-electron chi connectivity index (χ4n) is 6.65. The molecule has 10 heteroatoms. The van der Waals surface area contributed by atoms with Crippen LogP contribution in [0.25, 0.3) is 28.0 Å². The predicted octanol–water partition coefficient (Wildman–Crippen LogP) is 7.70. The number of carboxylic acids is 1. The number of rotatable bonds is 3. The van der Waals surface area contributed by atoms with Gasteiger partial charge in [-0.3, -0.25) is 0 Å². The van der Waals surface area contributed by atoms with Crippen molar-refractivity contribution in [3.63, 3.8) is 0 Å². The van der Waals surface area contributed by atoms with Gasteiger partial charge in [0, 0.05) is 42.6 Å². The molecule has 0 spiro atoms. The van der Waals surface area contributed by atoms with Gasteiger partial charge in [0.25, 0.3) is 0 Å². The van der Waals surface area contributed by atoms with E-state index in [0.717, 1.165) is 36.0 Å². The molecule has 6 bridgehead atoms. The molecule has 2 aromatic carbocycles. The quantitative estimate of drug-likeness (QED) is 0.242. The molecule has 0 aliphatic carbocycles. The number of aryl methyl sites for hydroxylation is 2. The van der Waals surface area contributed by atoms with Crippen LogP contribution >= 0.6 is 0 Å². The molecule has 3 aliphatic rings. The lowest BCUT2D eigenvalue weighted by Gasteiger charge is -2.41. The van der Waals surface area contributed by atoms with E-state index in [9.17, 15) is 9.90 Å². The molecule has 7 rings (SSSR count). The molecule has 3 aliphatic heterocycles. The Morgan fingerprint density at radius 1 is 1.13 bits per heavy atom. The molecule has 2 aromatic heterocycles. The Kier molecular flexibility index (Phi) is 8.78. The summed E-state index contributed by atoms with van der Waals surface area (Å²) in [6, 6.07) is 13.2. The maximum atomic E-state index is 15.5. The Morgan fingerprint density at radius 3 is 2.55 bits per heavy atom. The van der Waals surface area contributed by atoms with Gasteiger partial charge >= 0.3 is 5.97 Å². The maximum absolute atomic E-state index is 15.5. The van der Waals surface area contributed by atoms with Crippen molar-refractivity contribution in [2.24, 2.45) is 0 Å². The fraction of sp³-hybridized carbons (Fsp3) is 0.486. The standard InChI is InChI=1S/C37H45FN4O5/c1-22-18-27-25-11-8-12-26(20-25)29-21-30-39-24(3)31(33(35(43)44)47-36(4,5)6)34(42(30)40-29)41-15-13-37(7,14-16-41)45-17-9-10-23(2)46-32(27)28(38)19-22/h8,11-12,18-21,23,33H,9-10,13-17H2,1-7H3,(H,43,44). The Bertz CT molecular complexity index is 1800. The molecule has 0 radical (unpaired) electrons. The van der Waals surface area contributed by atoms with Crippen molar-refractivity contribution in [1.29, 1.82) is 0 Å². The van der Waals surface area contributed by atoms with E-state index in [4.69, 9.17) is 24.3 Å². The van der Waals surface area contributed by atoms with Crippen LogP contribution in [0.3, 0.4) is 0 Å². The van der Waals surface area contributed by atoms with Crippen molar-refractivity contribution in [3.8, 4) is 28.1 Å². The summed E-state index contributed by atoms with van der Waals surface area (Å²) in [6.45, 7) is 15.2. The summed E-state index contributed by atoms with van der Waals surface area (Å²) in [5.41, 5.74) is 4.34. The van der Waals surface area contributed by atoms with Crippen molar-refractivity contribution in [3.05, 3.63) is 65.1 Å². The summed E-state index contributed by atoms with van der Waals surface area (Å²) in [7, 11) is 0. The van der Waals surface area contributed by atoms with Crippen LogP contribution in [-0.2, 0) is 14.3 Å². The SMILES string of the molecule is Cc1cc(F)c2c(c1)-c1cccc(c1)-c1cc3nc(C)c(C(OC(C)(C)C)C(=O)O)c(n3n1)N1CCC(C)(CC1)OCCCC(C)O2. The second-order valence-electron chi connectivity index (χ2n) is 14.2. The first-order valence-electron chi connectivity index (χ1n) is 16.5. The van der Waals surface area contributed by atoms with Gasteiger partial charge in [-0.25, -0.2) is 14.2 Å². The van der Waals surface area contributed by atoms with Gasteiger partial charge in [0.05, 0.1) is 28.6 Å². The molecular weight excluding hydrogens is 599 g/mol. The highest BCUT2D eigenvalue weighted by atomic mass is 19.1. The van der Waals surface area contributed by atoms with E-state index >= 15 is 4.39 Å². The summed E-state index contributed by atoms with van der Waals surface area (Å²) in [4.78, 5) is 19.9. The minimum atomic E-state index is -1.25. The normalized spacial score (nSPS) is 21.1. The van der Waals surface area contributed by atoms with Crippen molar-refractivity contribution >= 4 is 17.4 Å². The Hall–Kier alpha value is -4.02.